The maximum absolute atomic E-state index is 13.1. The summed E-state index contributed by atoms with van der Waals surface area (Å²) in [6.07, 6.45) is 0. The van der Waals surface area contributed by atoms with Crippen LogP contribution in [0.3, 0.4) is 0 Å². The number of carbonyl (C=O) groups excluding carboxylic acids is 1. The van der Waals surface area contributed by atoms with Gasteiger partial charge < -0.3 is 19.4 Å². The maximum Gasteiger partial charge on any atom is 0.494 e. The molecular weight excluding hydrogens is 372 g/mol. The van der Waals surface area contributed by atoms with Crippen molar-refractivity contribution in [1.29, 1.82) is 0 Å². The second-order valence-electron chi connectivity index (χ2n) is 8.75. The lowest BCUT2D eigenvalue weighted by Crippen LogP contribution is -2.55. The van der Waals surface area contributed by atoms with Crippen LogP contribution in [0, 0.1) is 5.82 Å². The molecule has 29 heavy (non-hydrogen) atoms. The fourth-order valence-corrected chi connectivity index (χ4v) is 3.46. The van der Waals surface area contributed by atoms with Crippen molar-refractivity contribution in [3.63, 3.8) is 0 Å². The van der Waals surface area contributed by atoms with Crippen molar-refractivity contribution in [2.75, 3.05) is 18.5 Å². The molecule has 0 aliphatic carbocycles. The van der Waals surface area contributed by atoms with E-state index in [-0.39, 0.29) is 13.2 Å². The molecule has 2 fully saturated rings. The Bertz CT molecular complexity index is 898. The lowest BCUT2D eigenvalue weighted by atomic mass is 9.74. The number of benzene rings is 2. The summed E-state index contributed by atoms with van der Waals surface area (Å²) in [6.45, 7) is 8.67. The van der Waals surface area contributed by atoms with Crippen LogP contribution in [-0.2, 0) is 24.3 Å². The molecule has 0 atom stereocenters. The summed E-state index contributed by atoms with van der Waals surface area (Å²) in [5.74, 6) is -0.512. The van der Waals surface area contributed by atoms with Crippen LogP contribution in [0.15, 0.2) is 48.5 Å². The molecule has 0 aromatic heterocycles. The van der Waals surface area contributed by atoms with Gasteiger partial charge in [0.2, 0.25) is 5.91 Å². The van der Waals surface area contributed by atoms with Crippen LogP contribution in [0.5, 0.6) is 0 Å². The normalized spacial score (nSPS) is 21.5. The molecule has 2 aromatic carbocycles. The van der Waals surface area contributed by atoms with E-state index in [1.807, 2.05) is 52.0 Å². The Morgan fingerprint density at radius 3 is 2.00 bits per heavy atom. The molecule has 0 saturated carbocycles. The average molecular weight is 399 g/mol. The van der Waals surface area contributed by atoms with Crippen LogP contribution in [-0.4, -0.2) is 37.4 Å². The van der Waals surface area contributed by atoms with Crippen molar-refractivity contribution in [1.82, 2.24) is 0 Å². The Hall–Kier alpha value is -2.22. The molecule has 154 valence electrons. The summed E-state index contributed by atoms with van der Waals surface area (Å²) < 4.78 is 30.7. The van der Waals surface area contributed by atoms with E-state index >= 15 is 0 Å². The van der Waals surface area contributed by atoms with Crippen molar-refractivity contribution >= 4 is 24.2 Å². The number of anilines is 1. The molecule has 0 bridgehead atoms. The molecule has 1 amide bonds. The first kappa shape index (κ1) is 20.1. The zero-order valence-corrected chi connectivity index (χ0v) is 17.1. The van der Waals surface area contributed by atoms with Gasteiger partial charge in [0.1, 0.15) is 11.2 Å². The van der Waals surface area contributed by atoms with E-state index in [0.717, 1.165) is 11.0 Å². The Balaban J connectivity index is 0.00000256. The third-order valence-electron chi connectivity index (χ3n) is 6.22. The molecular formula is C22H27BFNO4. The van der Waals surface area contributed by atoms with Crippen LogP contribution >= 0.6 is 0 Å². The SMILES string of the molecule is CC1(C)OB(c2ccc(C3(C(=O)Nc4ccc(F)cc4)COC3)cc2)OC1(C)C.[HH]. The molecule has 4 rings (SSSR count). The smallest absolute Gasteiger partial charge is 0.399 e. The van der Waals surface area contributed by atoms with Gasteiger partial charge in [-0.25, -0.2) is 4.39 Å². The maximum atomic E-state index is 13.1. The molecule has 2 aliphatic rings. The summed E-state index contributed by atoms with van der Waals surface area (Å²) in [7, 11) is -0.448. The number of rotatable bonds is 4. The molecule has 0 spiro atoms. The van der Waals surface area contributed by atoms with Gasteiger partial charge in [-0.05, 0) is 63.0 Å². The third-order valence-corrected chi connectivity index (χ3v) is 6.22. The minimum absolute atomic E-state index is 0. The van der Waals surface area contributed by atoms with E-state index < -0.39 is 23.7 Å². The highest BCUT2D eigenvalue weighted by atomic mass is 19.1. The lowest BCUT2D eigenvalue weighted by molar-refractivity contribution is -0.139. The van der Waals surface area contributed by atoms with Crippen LogP contribution < -0.4 is 10.8 Å². The first-order valence-electron chi connectivity index (χ1n) is 9.74. The summed E-state index contributed by atoms with van der Waals surface area (Å²) in [5.41, 5.74) is 0.743. The minimum Gasteiger partial charge on any atom is -0.399 e. The van der Waals surface area contributed by atoms with Crippen molar-refractivity contribution < 1.29 is 24.7 Å². The molecule has 1 N–H and O–H groups in total. The van der Waals surface area contributed by atoms with E-state index in [2.05, 4.69) is 5.32 Å². The van der Waals surface area contributed by atoms with Crippen molar-refractivity contribution in [3.05, 3.63) is 59.9 Å². The Morgan fingerprint density at radius 1 is 0.966 bits per heavy atom. The first-order chi connectivity index (χ1) is 13.6. The van der Waals surface area contributed by atoms with E-state index in [1.165, 1.54) is 12.1 Å². The monoisotopic (exact) mass is 399 g/mol. The number of amides is 1. The van der Waals surface area contributed by atoms with Gasteiger partial charge in [-0.1, -0.05) is 24.3 Å². The van der Waals surface area contributed by atoms with Crippen LogP contribution in [0.1, 0.15) is 34.7 Å². The zero-order valence-electron chi connectivity index (χ0n) is 17.1. The number of carbonyl (C=O) groups is 1. The molecule has 2 heterocycles. The lowest BCUT2D eigenvalue weighted by Gasteiger charge is -2.40. The third kappa shape index (κ3) is 3.48. The van der Waals surface area contributed by atoms with Crippen LogP contribution in [0.2, 0.25) is 0 Å². The summed E-state index contributed by atoms with van der Waals surface area (Å²) in [4.78, 5) is 13.0. The van der Waals surface area contributed by atoms with Crippen LogP contribution in [0.4, 0.5) is 10.1 Å². The molecule has 2 aliphatic heterocycles. The fraction of sp³-hybridized carbons (Fsp3) is 0.409. The molecule has 2 saturated heterocycles. The molecule has 5 nitrogen and oxygen atoms in total. The first-order valence-corrected chi connectivity index (χ1v) is 9.74. The topological polar surface area (TPSA) is 56.8 Å². The van der Waals surface area contributed by atoms with Gasteiger partial charge in [-0.3, -0.25) is 4.79 Å². The van der Waals surface area contributed by atoms with E-state index in [4.69, 9.17) is 14.0 Å². The number of hydrogen-bond donors (Lipinski definition) is 1. The second kappa shape index (κ2) is 6.94. The number of halogens is 1. The molecule has 0 radical (unpaired) electrons. The second-order valence-corrected chi connectivity index (χ2v) is 8.75. The molecule has 0 unspecified atom stereocenters. The van der Waals surface area contributed by atoms with Gasteiger partial charge in [0.15, 0.2) is 0 Å². The predicted octanol–water partition coefficient (Wildman–Crippen LogP) is 3.28. The van der Waals surface area contributed by atoms with Crippen LogP contribution in [0.25, 0.3) is 0 Å². The highest BCUT2D eigenvalue weighted by Gasteiger charge is 2.52. The Kier molecular flexibility index (Phi) is 4.80. The summed E-state index contributed by atoms with van der Waals surface area (Å²) >= 11 is 0. The minimum atomic E-state index is -0.761. The molecule has 7 heteroatoms. The Morgan fingerprint density at radius 2 is 1.52 bits per heavy atom. The largest absolute Gasteiger partial charge is 0.494 e. The van der Waals surface area contributed by atoms with E-state index in [1.54, 1.807) is 12.1 Å². The standard InChI is InChI=1S/C22H25BFNO4.H2/c1-20(2)21(3,4)29-23(28-20)16-7-5-15(6-8-16)22(13-27-14-22)19(26)25-18-11-9-17(24)10-12-18;/h5-12H,13-14H2,1-4H3,(H,25,26);1H. The highest BCUT2D eigenvalue weighted by molar-refractivity contribution is 6.62. The summed E-state index contributed by atoms with van der Waals surface area (Å²) in [5, 5.41) is 2.87. The van der Waals surface area contributed by atoms with E-state index in [0.29, 0.717) is 18.9 Å². The van der Waals surface area contributed by atoms with Gasteiger partial charge in [-0.15, -0.1) is 0 Å². The van der Waals surface area contributed by atoms with Gasteiger partial charge in [0, 0.05) is 7.11 Å². The predicted molar refractivity (Wildman–Crippen MR) is 112 cm³/mol. The van der Waals surface area contributed by atoms with Gasteiger partial charge >= 0.3 is 7.12 Å². The van der Waals surface area contributed by atoms with E-state index in [9.17, 15) is 9.18 Å². The molecule has 2 aromatic rings. The van der Waals surface area contributed by atoms with Crippen molar-refractivity contribution in [3.8, 4) is 0 Å². The number of hydrogen-bond acceptors (Lipinski definition) is 4. The average Bonchev–Trinajstić information content (AvgIpc) is 2.84. The van der Waals surface area contributed by atoms with Gasteiger partial charge in [0.05, 0.1) is 24.4 Å². The van der Waals surface area contributed by atoms with Gasteiger partial charge in [-0.2, -0.15) is 0 Å². The highest BCUT2D eigenvalue weighted by Crippen LogP contribution is 2.37. The zero-order chi connectivity index (χ0) is 20.9. The van der Waals surface area contributed by atoms with Crippen molar-refractivity contribution in [2.45, 2.75) is 44.3 Å². The number of ether oxygens (including phenoxy) is 1. The quantitative estimate of drug-likeness (QED) is 0.802. The Labute approximate surface area is 172 Å². The summed E-state index contributed by atoms with van der Waals surface area (Å²) in [6, 6.07) is 13.4. The van der Waals surface area contributed by atoms with Crippen molar-refractivity contribution in [2.24, 2.45) is 0 Å². The van der Waals surface area contributed by atoms with Gasteiger partial charge in [0.25, 0.3) is 0 Å². The number of nitrogens with one attached hydrogen (secondary N) is 1. The fourth-order valence-electron chi connectivity index (χ4n) is 3.46.